The Balaban J connectivity index is 2.85. The monoisotopic (exact) mass is 90.0 g/mol. The molecule has 0 unspecified atom stereocenters. The predicted molar refractivity (Wildman–Crippen MR) is 25.1 cm³/mol. The Bertz CT molecular complexity index is 42.2. The van der Waals surface area contributed by atoms with Gasteiger partial charge in [0.1, 0.15) is 5.09 Å². The van der Waals surface area contributed by atoms with Gasteiger partial charge in [0.05, 0.1) is 7.11 Å². The minimum absolute atomic E-state index is 0.449. The van der Waals surface area contributed by atoms with Crippen LogP contribution in [-0.4, -0.2) is 7.11 Å². The SMILES string of the molecule is C=C(S)OC. The molecule has 0 aromatic heterocycles. The molecule has 0 heterocycles. The quantitative estimate of drug-likeness (QED) is 0.374. The Hall–Kier alpha value is -0.110. The molecule has 0 aliphatic heterocycles. The summed E-state index contributed by atoms with van der Waals surface area (Å²) in [7, 11) is 1.52. The van der Waals surface area contributed by atoms with Crippen molar-refractivity contribution in [1.82, 2.24) is 0 Å². The molecule has 0 rings (SSSR count). The van der Waals surface area contributed by atoms with Crippen LogP contribution in [0, 0.1) is 0 Å². The van der Waals surface area contributed by atoms with Crippen LogP contribution in [0.15, 0.2) is 11.7 Å². The van der Waals surface area contributed by atoms with Gasteiger partial charge in [-0.2, -0.15) is 0 Å². The third kappa shape index (κ3) is 3.89. The van der Waals surface area contributed by atoms with Gasteiger partial charge in [-0.1, -0.05) is 6.58 Å². The third-order valence-corrected chi connectivity index (χ3v) is 0.418. The van der Waals surface area contributed by atoms with Crippen LogP contribution in [0.4, 0.5) is 0 Å². The molecule has 0 radical (unpaired) electrons. The van der Waals surface area contributed by atoms with Crippen LogP contribution < -0.4 is 0 Å². The number of rotatable bonds is 1. The van der Waals surface area contributed by atoms with E-state index in [-0.39, 0.29) is 0 Å². The Morgan fingerprint density at radius 1 is 2.00 bits per heavy atom. The van der Waals surface area contributed by atoms with Crippen LogP contribution in [0.1, 0.15) is 0 Å². The van der Waals surface area contributed by atoms with Gasteiger partial charge in [-0.25, -0.2) is 0 Å². The molecular weight excluding hydrogens is 84.1 g/mol. The second-order valence-corrected chi connectivity index (χ2v) is 1.10. The van der Waals surface area contributed by atoms with Crippen molar-refractivity contribution >= 4 is 12.6 Å². The number of ether oxygens (including phenoxy) is 1. The lowest BCUT2D eigenvalue weighted by Crippen LogP contribution is -1.66. The Kier molecular flexibility index (Phi) is 2.10. The van der Waals surface area contributed by atoms with Gasteiger partial charge >= 0.3 is 0 Å². The van der Waals surface area contributed by atoms with Crippen molar-refractivity contribution in [1.29, 1.82) is 0 Å². The summed E-state index contributed by atoms with van der Waals surface area (Å²) in [5.41, 5.74) is 0. The van der Waals surface area contributed by atoms with Crippen molar-refractivity contribution in [3.63, 3.8) is 0 Å². The third-order valence-electron chi connectivity index (χ3n) is 0.236. The smallest absolute Gasteiger partial charge is 0.142 e. The van der Waals surface area contributed by atoms with Crippen molar-refractivity contribution in [2.45, 2.75) is 0 Å². The molecule has 0 aliphatic rings. The van der Waals surface area contributed by atoms with Crippen molar-refractivity contribution in [2.24, 2.45) is 0 Å². The van der Waals surface area contributed by atoms with E-state index in [1.54, 1.807) is 0 Å². The van der Waals surface area contributed by atoms with Crippen LogP contribution in [-0.2, 0) is 4.74 Å². The molecule has 1 nitrogen and oxygen atoms in total. The highest BCUT2D eigenvalue weighted by Crippen LogP contribution is 1.91. The fourth-order valence-electron chi connectivity index (χ4n) is 0. The summed E-state index contributed by atoms with van der Waals surface area (Å²) in [6.45, 7) is 3.32. The van der Waals surface area contributed by atoms with E-state index in [9.17, 15) is 0 Å². The lowest BCUT2D eigenvalue weighted by Gasteiger charge is -1.86. The van der Waals surface area contributed by atoms with Crippen LogP contribution in [0.2, 0.25) is 0 Å². The van der Waals surface area contributed by atoms with Crippen molar-refractivity contribution < 1.29 is 4.74 Å². The lowest BCUT2D eigenvalue weighted by molar-refractivity contribution is 0.327. The van der Waals surface area contributed by atoms with Gasteiger partial charge in [0.25, 0.3) is 0 Å². The number of hydrogen-bond acceptors (Lipinski definition) is 2. The first-order valence-electron chi connectivity index (χ1n) is 1.19. The van der Waals surface area contributed by atoms with E-state index in [1.165, 1.54) is 7.11 Å². The van der Waals surface area contributed by atoms with Crippen LogP contribution in [0.25, 0.3) is 0 Å². The maximum atomic E-state index is 4.42. The summed E-state index contributed by atoms with van der Waals surface area (Å²) in [5, 5.41) is 0.449. The molecular formula is C3H6OS. The minimum Gasteiger partial charge on any atom is -0.491 e. The molecule has 0 bridgehead atoms. The summed E-state index contributed by atoms with van der Waals surface area (Å²) in [5.74, 6) is 0. The average Bonchev–Trinajstić information content (AvgIpc) is 1.38. The van der Waals surface area contributed by atoms with Gasteiger partial charge in [0.15, 0.2) is 0 Å². The second-order valence-electron chi connectivity index (χ2n) is 0.598. The normalized spacial score (nSPS) is 6.80. The largest absolute Gasteiger partial charge is 0.491 e. The first kappa shape index (κ1) is 4.89. The highest BCUT2D eigenvalue weighted by Gasteiger charge is 1.66. The fraction of sp³-hybridized carbons (Fsp3) is 0.333. The Morgan fingerprint density at radius 2 is 2.20 bits per heavy atom. The molecule has 0 saturated carbocycles. The number of thiol groups is 1. The van der Waals surface area contributed by atoms with Crippen molar-refractivity contribution in [2.75, 3.05) is 7.11 Å². The summed E-state index contributed by atoms with van der Waals surface area (Å²) >= 11 is 3.68. The second kappa shape index (κ2) is 2.15. The minimum atomic E-state index is 0.449. The zero-order chi connectivity index (χ0) is 4.28. The van der Waals surface area contributed by atoms with E-state index in [4.69, 9.17) is 0 Å². The van der Waals surface area contributed by atoms with Crippen LogP contribution in [0.3, 0.4) is 0 Å². The van der Waals surface area contributed by atoms with Gasteiger partial charge < -0.3 is 4.74 Å². The molecule has 0 aliphatic carbocycles. The molecule has 0 saturated heterocycles. The Labute approximate surface area is 37.0 Å². The maximum Gasteiger partial charge on any atom is 0.142 e. The molecule has 5 heavy (non-hydrogen) atoms. The molecule has 2 heteroatoms. The van der Waals surface area contributed by atoms with Gasteiger partial charge in [-0.15, -0.1) is 12.6 Å². The van der Waals surface area contributed by atoms with Crippen molar-refractivity contribution in [3.8, 4) is 0 Å². The number of methoxy groups -OCH3 is 1. The first-order valence-corrected chi connectivity index (χ1v) is 1.64. The van der Waals surface area contributed by atoms with E-state index in [0.717, 1.165) is 0 Å². The van der Waals surface area contributed by atoms with Gasteiger partial charge in [-0.3, -0.25) is 0 Å². The van der Waals surface area contributed by atoms with Gasteiger partial charge in [-0.05, 0) is 0 Å². The standard InChI is InChI=1S/C3H6OS/c1-3(5)4-2/h5H,1H2,2H3. The first-order chi connectivity index (χ1) is 2.27. The summed E-state index contributed by atoms with van der Waals surface area (Å²) in [6.07, 6.45) is 0. The summed E-state index contributed by atoms with van der Waals surface area (Å²) in [6, 6.07) is 0. The van der Waals surface area contributed by atoms with E-state index in [0.29, 0.717) is 5.09 Å². The summed E-state index contributed by atoms with van der Waals surface area (Å²) < 4.78 is 4.42. The molecule has 0 fully saturated rings. The molecule has 0 amide bonds. The van der Waals surface area contributed by atoms with E-state index < -0.39 is 0 Å². The Morgan fingerprint density at radius 3 is 2.20 bits per heavy atom. The van der Waals surface area contributed by atoms with E-state index in [1.807, 2.05) is 0 Å². The zero-order valence-electron chi connectivity index (χ0n) is 3.06. The summed E-state index contributed by atoms with van der Waals surface area (Å²) in [4.78, 5) is 0. The zero-order valence-corrected chi connectivity index (χ0v) is 3.96. The average molecular weight is 90.1 g/mol. The maximum absolute atomic E-state index is 4.42. The van der Waals surface area contributed by atoms with Gasteiger partial charge in [0.2, 0.25) is 0 Å². The van der Waals surface area contributed by atoms with Crippen molar-refractivity contribution in [3.05, 3.63) is 11.7 Å². The lowest BCUT2D eigenvalue weighted by atomic mass is 11.1. The molecule has 0 spiro atoms. The topological polar surface area (TPSA) is 9.23 Å². The number of hydrogen-bond donors (Lipinski definition) is 1. The highest BCUT2D eigenvalue weighted by molar-refractivity contribution is 7.84. The van der Waals surface area contributed by atoms with Crippen LogP contribution >= 0.6 is 12.6 Å². The molecule has 0 N–H and O–H groups in total. The molecule has 0 atom stereocenters. The van der Waals surface area contributed by atoms with Gasteiger partial charge in [0, 0.05) is 0 Å². The van der Waals surface area contributed by atoms with Crippen LogP contribution in [0.5, 0.6) is 0 Å². The molecule has 0 aromatic rings. The highest BCUT2D eigenvalue weighted by atomic mass is 32.1. The van der Waals surface area contributed by atoms with E-state index in [2.05, 4.69) is 23.9 Å². The van der Waals surface area contributed by atoms with E-state index >= 15 is 0 Å². The molecule has 30 valence electrons. The molecule has 0 aromatic carbocycles. The predicted octanol–water partition coefficient (Wildman–Crippen LogP) is 1.03. The fourth-order valence-corrected chi connectivity index (χ4v) is 0.